The van der Waals surface area contributed by atoms with Gasteiger partial charge in [0.15, 0.2) is 5.13 Å². The number of hydrogen-bond acceptors (Lipinski definition) is 5. The number of amides is 2. The minimum Gasteiger partial charge on any atom is -0.496 e. The van der Waals surface area contributed by atoms with Crippen LogP contribution in [0.25, 0.3) is 0 Å². The summed E-state index contributed by atoms with van der Waals surface area (Å²) in [6.45, 7) is 1.13. The highest BCUT2D eigenvalue weighted by molar-refractivity contribution is 7.15. The third-order valence-corrected chi connectivity index (χ3v) is 5.53. The molecule has 7 heteroatoms. The second-order valence-corrected chi connectivity index (χ2v) is 7.41. The minimum absolute atomic E-state index is 0.0416. The second-order valence-electron chi connectivity index (χ2n) is 6.33. The number of aromatic nitrogens is 1. The van der Waals surface area contributed by atoms with Gasteiger partial charge in [-0.1, -0.05) is 23.5 Å². The molecule has 0 spiro atoms. The first kappa shape index (κ1) is 16.1. The summed E-state index contributed by atoms with van der Waals surface area (Å²) < 4.78 is 5.30. The monoisotopic (exact) mass is 357 g/mol. The van der Waals surface area contributed by atoms with Gasteiger partial charge in [-0.15, -0.1) is 0 Å². The Kier molecular flexibility index (Phi) is 4.17. The molecule has 0 saturated heterocycles. The summed E-state index contributed by atoms with van der Waals surface area (Å²) in [5.41, 5.74) is 1.56. The van der Waals surface area contributed by atoms with Crippen molar-refractivity contribution in [1.82, 2.24) is 9.88 Å². The molecule has 130 valence electrons. The molecule has 2 heterocycles. The van der Waals surface area contributed by atoms with Gasteiger partial charge in [0.1, 0.15) is 5.75 Å². The van der Waals surface area contributed by atoms with Crippen LogP contribution in [0.1, 0.15) is 33.8 Å². The van der Waals surface area contributed by atoms with Crippen LogP contribution in [-0.2, 0) is 17.8 Å². The van der Waals surface area contributed by atoms with E-state index in [2.05, 4.69) is 10.3 Å². The van der Waals surface area contributed by atoms with E-state index in [-0.39, 0.29) is 17.7 Å². The van der Waals surface area contributed by atoms with E-state index in [1.54, 1.807) is 19.2 Å². The molecule has 1 aromatic carbocycles. The fourth-order valence-corrected chi connectivity index (χ4v) is 3.99. The standard InChI is InChI=1S/C18H19N3O3S/c1-24-14-5-3-2-4-12(14)17(23)21-9-8-13-15(10-21)25-18(19-13)20-16(22)11-6-7-11/h2-5,11H,6-10H2,1H3,(H,19,20,22). The highest BCUT2D eigenvalue weighted by atomic mass is 32.1. The molecule has 0 unspecified atom stereocenters. The van der Waals surface area contributed by atoms with Gasteiger partial charge in [0.2, 0.25) is 5.91 Å². The van der Waals surface area contributed by atoms with Crippen molar-refractivity contribution in [3.63, 3.8) is 0 Å². The van der Waals surface area contributed by atoms with Gasteiger partial charge in [-0.05, 0) is 25.0 Å². The number of anilines is 1. The summed E-state index contributed by atoms with van der Waals surface area (Å²) in [4.78, 5) is 32.1. The van der Waals surface area contributed by atoms with E-state index < -0.39 is 0 Å². The van der Waals surface area contributed by atoms with Gasteiger partial charge < -0.3 is 15.0 Å². The molecular formula is C18H19N3O3S. The SMILES string of the molecule is COc1ccccc1C(=O)N1CCc2nc(NC(=O)C3CC3)sc2C1. The van der Waals surface area contributed by atoms with Gasteiger partial charge in [0, 0.05) is 23.8 Å². The molecule has 0 bridgehead atoms. The fourth-order valence-electron chi connectivity index (χ4n) is 2.97. The number of ether oxygens (including phenoxy) is 1. The van der Waals surface area contributed by atoms with Crippen LogP contribution in [0, 0.1) is 5.92 Å². The summed E-state index contributed by atoms with van der Waals surface area (Å²) >= 11 is 1.47. The molecule has 1 aromatic heterocycles. The maximum absolute atomic E-state index is 12.8. The first-order chi connectivity index (χ1) is 12.2. The number of carbonyl (C=O) groups excluding carboxylic acids is 2. The van der Waals surface area contributed by atoms with Gasteiger partial charge in [0.05, 0.1) is 24.9 Å². The Balaban J connectivity index is 1.49. The van der Waals surface area contributed by atoms with E-state index in [0.717, 1.165) is 23.4 Å². The smallest absolute Gasteiger partial charge is 0.257 e. The largest absolute Gasteiger partial charge is 0.496 e. The predicted molar refractivity (Wildman–Crippen MR) is 94.9 cm³/mol. The number of rotatable bonds is 4. The molecular weight excluding hydrogens is 338 g/mol. The van der Waals surface area contributed by atoms with Crippen LogP contribution in [0.5, 0.6) is 5.75 Å². The van der Waals surface area contributed by atoms with Crippen molar-refractivity contribution in [3.05, 3.63) is 40.4 Å². The molecule has 0 radical (unpaired) electrons. The molecule has 1 aliphatic heterocycles. The molecule has 1 aliphatic carbocycles. The first-order valence-electron chi connectivity index (χ1n) is 8.37. The third kappa shape index (κ3) is 3.24. The molecule has 1 fully saturated rings. The van der Waals surface area contributed by atoms with Crippen LogP contribution in [0.2, 0.25) is 0 Å². The zero-order valence-corrected chi connectivity index (χ0v) is 14.8. The molecule has 4 rings (SSSR count). The van der Waals surface area contributed by atoms with Crippen molar-refractivity contribution >= 4 is 28.3 Å². The second kappa shape index (κ2) is 6.48. The maximum Gasteiger partial charge on any atom is 0.257 e. The number of thiazole rings is 1. The van der Waals surface area contributed by atoms with Crippen LogP contribution >= 0.6 is 11.3 Å². The lowest BCUT2D eigenvalue weighted by Gasteiger charge is -2.26. The van der Waals surface area contributed by atoms with Gasteiger partial charge in [-0.3, -0.25) is 9.59 Å². The highest BCUT2D eigenvalue weighted by Crippen LogP contribution is 2.33. The van der Waals surface area contributed by atoms with Gasteiger partial charge in [-0.2, -0.15) is 0 Å². The van der Waals surface area contributed by atoms with Crippen molar-refractivity contribution in [2.24, 2.45) is 5.92 Å². The number of hydrogen-bond donors (Lipinski definition) is 1. The lowest BCUT2D eigenvalue weighted by atomic mass is 10.1. The van der Waals surface area contributed by atoms with E-state index >= 15 is 0 Å². The molecule has 25 heavy (non-hydrogen) atoms. The van der Waals surface area contributed by atoms with Crippen molar-refractivity contribution in [2.45, 2.75) is 25.8 Å². The number of benzene rings is 1. The zero-order chi connectivity index (χ0) is 17.4. The van der Waals surface area contributed by atoms with Crippen LogP contribution in [0.3, 0.4) is 0 Å². The number of para-hydroxylation sites is 1. The Morgan fingerprint density at radius 1 is 1.32 bits per heavy atom. The Labute approximate surface area is 149 Å². The van der Waals surface area contributed by atoms with E-state index in [9.17, 15) is 9.59 Å². The molecule has 1 N–H and O–H groups in total. The number of methoxy groups -OCH3 is 1. The summed E-state index contributed by atoms with van der Waals surface area (Å²) in [6, 6.07) is 7.26. The zero-order valence-electron chi connectivity index (χ0n) is 13.9. The van der Waals surface area contributed by atoms with E-state index in [1.165, 1.54) is 11.3 Å². The van der Waals surface area contributed by atoms with Crippen molar-refractivity contribution in [3.8, 4) is 5.75 Å². The van der Waals surface area contributed by atoms with Gasteiger partial charge in [-0.25, -0.2) is 4.98 Å². The lowest BCUT2D eigenvalue weighted by Crippen LogP contribution is -2.35. The average Bonchev–Trinajstić information content (AvgIpc) is 3.41. The van der Waals surface area contributed by atoms with Crippen molar-refractivity contribution in [2.75, 3.05) is 19.0 Å². The fraction of sp³-hybridized carbons (Fsp3) is 0.389. The average molecular weight is 357 g/mol. The van der Waals surface area contributed by atoms with Gasteiger partial charge >= 0.3 is 0 Å². The summed E-state index contributed by atoms with van der Waals surface area (Å²) in [7, 11) is 1.57. The molecule has 2 aliphatic rings. The number of carbonyl (C=O) groups is 2. The van der Waals surface area contributed by atoms with E-state index in [1.807, 2.05) is 17.0 Å². The minimum atomic E-state index is -0.0416. The Morgan fingerprint density at radius 3 is 2.88 bits per heavy atom. The predicted octanol–water partition coefficient (Wildman–Crippen LogP) is 2.70. The summed E-state index contributed by atoms with van der Waals surface area (Å²) in [5, 5.41) is 3.55. The topological polar surface area (TPSA) is 71.5 Å². The Hall–Kier alpha value is -2.41. The van der Waals surface area contributed by atoms with E-state index in [0.29, 0.717) is 36.0 Å². The summed E-state index contributed by atoms with van der Waals surface area (Å²) in [6.07, 6.45) is 2.64. The maximum atomic E-state index is 12.8. The first-order valence-corrected chi connectivity index (χ1v) is 9.19. The number of nitrogens with zero attached hydrogens (tertiary/aromatic N) is 2. The van der Waals surface area contributed by atoms with Crippen molar-refractivity contribution in [1.29, 1.82) is 0 Å². The van der Waals surface area contributed by atoms with Gasteiger partial charge in [0.25, 0.3) is 5.91 Å². The number of fused-ring (bicyclic) bond motifs is 1. The molecule has 2 amide bonds. The third-order valence-electron chi connectivity index (χ3n) is 4.53. The Bertz CT molecular complexity index is 829. The molecule has 2 aromatic rings. The molecule has 6 nitrogen and oxygen atoms in total. The van der Waals surface area contributed by atoms with Crippen LogP contribution in [0.15, 0.2) is 24.3 Å². The van der Waals surface area contributed by atoms with Crippen LogP contribution in [-0.4, -0.2) is 35.4 Å². The summed E-state index contributed by atoms with van der Waals surface area (Å²) in [5.74, 6) is 0.762. The van der Waals surface area contributed by atoms with Crippen molar-refractivity contribution < 1.29 is 14.3 Å². The number of nitrogens with one attached hydrogen (secondary N) is 1. The molecule has 0 atom stereocenters. The molecule has 1 saturated carbocycles. The Morgan fingerprint density at radius 2 is 2.12 bits per heavy atom. The normalized spacial score (nSPS) is 16.3. The highest BCUT2D eigenvalue weighted by Gasteiger charge is 2.31. The van der Waals surface area contributed by atoms with Crippen LogP contribution in [0.4, 0.5) is 5.13 Å². The van der Waals surface area contributed by atoms with Crippen LogP contribution < -0.4 is 10.1 Å². The van der Waals surface area contributed by atoms with E-state index in [4.69, 9.17) is 4.74 Å². The quantitative estimate of drug-likeness (QED) is 0.913. The lowest BCUT2D eigenvalue weighted by molar-refractivity contribution is -0.117.